The van der Waals surface area contributed by atoms with E-state index in [1.54, 1.807) is 36.4 Å². The van der Waals surface area contributed by atoms with E-state index in [0.717, 1.165) is 5.56 Å². The molecule has 1 aliphatic heterocycles. The van der Waals surface area contributed by atoms with Gasteiger partial charge in [-0.15, -0.1) is 0 Å². The molecule has 0 aliphatic carbocycles. The molecule has 1 fully saturated rings. The lowest BCUT2D eigenvalue weighted by molar-refractivity contribution is -0.203. The number of halogens is 3. The summed E-state index contributed by atoms with van der Waals surface area (Å²) in [4.78, 5) is 0. The molecule has 0 saturated carbocycles. The highest BCUT2D eigenvalue weighted by atomic mass is 19.2. The van der Waals surface area contributed by atoms with E-state index in [1.165, 1.54) is 24.3 Å². The molecule has 0 unspecified atom stereocenters. The van der Waals surface area contributed by atoms with Crippen molar-refractivity contribution in [3.8, 4) is 28.0 Å². The van der Waals surface area contributed by atoms with E-state index in [9.17, 15) is 13.2 Å². The molecule has 6 heteroatoms. The Morgan fingerprint density at radius 1 is 0.906 bits per heavy atom. The van der Waals surface area contributed by atoms with Crippen LogP contribution in [0.4, 0.5) is 13.2 Å². The fourth-order valence-electron chi connectivity index (χ4n) is 3.53. The molecule has 1 aliphatic rings. The highest BCUT2D eigenvalue weighted by Crippen LogP contribution is 2.33. The smallest absolute Gasteiger partial charge is 0.201 e. The zero-order valence-electron chi connectivity index (χ0n) is 17.6. The quantitative estimate of drug-likeness (QED) is 0.400. The molecule has 3 nitrogen and oxygen atoms in total. The Bertz CT molecular complexity index is 1100. The molecule has 0 N–H and O–H groups in total. The molecule has 0 bridgehead atoms. The topological polar surface area (TPSA) is 27.7 Å². The Morgan fingerprint density at radius 2 is 1.56 bits per heavy atom. The van der Waals surface area contributed by atoms with Gasteiger partial charge in [0.05, 0.1) is 13.2 Å². The minimum Gasteiger partial charge on any atom is -0.486 e. The van der Waals surface area contributed by atoms with E-state index >= 15 is 0 Å². The second kappa shape index (κ2) is 9.59. The van der Waals surface area contributed by atoms with Crippen molar-refractivity contribution in [3.63, 3.8) is 0 Å². The van der Waals surface area contributed by atoms with Gasteiger partial charge in [0, 0.05) is 17.0 Å². The summed E-state index contributed by atoms with van der Waals surface area (Å²) >= 11 is 0. The second-order valence-electron chi connectivity index (χ2n) is 7.76. The van der Waals surface area contributed by atoms with E-state index < -0.39 is 23.7 Å². The van der Waals surface area contributed by atoms with Crippen molar-refractivity contribution in [2.24, 2.45) is 5.92 Å². The summed E-state index contributed by atoms with van der Waals surface area (Å²) in [7, 11) is 0. The van der Waals surface area contributed by atoms with Gasteiger partial charge in [-0.05, 0) is 34.9 Å². The Labute approximate surface area is 185 Å². The first kappa shape index (κ1) is 22.1. The SMILES string of the molecule is C=CCOc1ccc(-c2ccc(-c3ccc(C4OCC(C)CO4)c(F)c3)cc2)c(F)c1F. The van der Waals surface area contributed by atoms with Crippen LogP contribution in [-0.4, -0.2) is 19.8 Å². The van der Waals surface area contributed by atoms with Gasteiger partial charge in [0.1, 0.15) is 12.4 Å². The number of ether oxygens (including phenoxy) is 3. The van der Waals surface area contributed by atoms with Crippen LogP contribution in [0.1, 0.15) is 18.8 Å². The fraction of sp³-hybridized carbons (Fsp3) is 0.231. The monoisotopic (exact) mass is 440 g/mol. The molecule has 1 saturated heterocycles. The predicted molar refractivity (Wildman–Crippen MR) is 117 cm³/mol. The number of hydrogen-bond donors (Lipinski definition) is 0. The molecule has 1 heterocycles. The van der Waals surface area contributed by atoms with Crippen LogP contribution in [0.25, 0.3) is 22.3 Å². The number of benzene rings is 3. The van der Waals surface area contributed by atoms with Gasteiger partial charge >= 0.3 is 0 Å². The van der Waals surface area contributed by atoms with Crippen LogP contribution >= 0.6 is 0 Å². The van der Waals surface area contributed by atoms with Crippen LogP contribution in [0.15, 0.2) is 67.3 Å². The van der Waals surface area contributed by atoms with Crippen LogP contribution in [0.3, 0.4) is 0 Å². The van der Waals surface area contributed by atoms with Crippen molar-refractivity contribution in [1.82, 2.24) is 0 Å². The van der Waals surface area contributed by atoms with E-state index in [4.69, 9.17) is 14.2 Å². The van der Waals surface area contributed by atoms with Gasteiger partial charge in [-0.25, -0.2) is 8.78 Å². The lowest BCUT2D eigenvalue weighted by atomic mass is 9.98. The molecule has 0 aromatic heterocycles. The normalized spacial score (nSPS) is 18.4. The summed E-state index contributed by atoms with van der Waals surface area (Å²) in [5.74, 6) is -2.35. The first-order chi connectivity index (χ1) is 15.5. The average Bonchev–Trinajstić information content (AvgIpc) is 2.81. The van der Waals surface area contributed by atoms with E-state index in [2.05, 4.69) is 6.58 Å². The average molecular weight is 440 g/mol. The Morgan fingerprint density at radius 3 is 2.22 bits per heavy atom. The third-order valence-corrected chi connectivity index (χ3v) is 5.25. The van der Waals surface area contributed by atoms with Crippen LogP contribution < -0.4 is 4.74 Å². The lowest BCUT2D eigenvalue weighted by Crippen LogP contribution is -2.25. The second-order valence-corrected chi connectivity index (χ2v) is 7.76. The molecule has 32 heavy (non-hydrogen) atoms. The van der Waals surface area contributed by atoms with Crippen molar-refractivity contribution in [1.29, 1.82) is 0 Å². The molecular weight excluding hydrogens is 417 g/mol. The van der Waals surface area contributed by atoms with Crippen molar-refractivity contribution in [3.05, 3.63) is 90.3 Å². The lowest BCUT2D eigenvalue weighted by Gasteiger charge is -2.27. The van der Waals surface area contributed by atoms with Crippen molar-refractivity contribution in [2.45, 2.75) is 13.2 Å². The highest BCUT2D eigenvalue weighted by Gasteiger charge is 2.24. The van der Waals surface area contributed by atoms with Crippen LogP contribution in [0.5, 0.6) is 5.75 Å². The van der Waals surface area contributed by atoms with E-state index in [1.807, 2.05) is 6.92 Å². The highest BCUT2D eigenvalue weighted by molar-refractivity contribution is 5.71. The molecule has 0 amide bonds. The van der Waals surface area contributed by atoms with Gasteiger partial charge in [0.25, 0.3) is 0 Å². The maximum atomic E-state index is 14.7. The van der Waals surface area contributed by atoms with Crippen molar-refractivity contribution >= 4 is 0 Å². The maximum absolute atomic E-state index is 14.7. The van der Waals surface area contributed by atoms with Crippen molar-refractivity contribution in [2.75, 3.05) is 19.8 Å². The van der Waals surface area contributed by atoms with Crippen LogP contribution in [0.2, 0.25) is 0 Å². The van der Waals surface area contributed by atoms with Gasteiger partial charge in [0.15, 0.2) is 17.9 Å². The standard InChI is InChI=1S/C26H23F3O3/c1-3-12-30-23-11-10-20(24(28)25(23)29)18-6-4-17(5-7-18)19-8-9-21(22(27)13-19)26-31-14-16(2)15-32-26/h3-11,13,16,26H,1,12,14-15H2,2H3. The van der Waals surface area contributed by atoms with Crippen molar-refractivity contribution < 1.29 is 27.4 Å². The summed E-state index contributed by atoms with van der Waals surface area (Å²) in [5.41, 5.74) is 2.36. The summed E-state index contributed by atoms with van der Waals surface area (Å²) in [6, 6.07) is 14.5. The molecule has 166 valence electrons. The number of rotatable bonds is 6. The summed E-state index contributed by atoms with van der Waals surface area (Å²) in [6.45, 7) is 6.61. The summed E-state index contributed by atoms with van der Waals surface area (Å²) < 4.78 is 59.8. The Hall–Kier alpha value is -3.09. The summed E-state index contributed by atoms with van der Waals surface area (Å²) in [6.07, 6.45) is 0.744. The van der Waals surface area contributed by atoms with Gasteiger partial charge < -0.3 is 14.2 Å². The first-order valence-electron chi connectivity index (χ1n) is 10.3. The minimum atomic E-state index is -1.05. The molecule has 0 spiro atoms. The van der Waals surface area contributed by atoms with E-state index in [0.29, 0.717) is 29.9 Å². The van der Waals surface area contributed by atoms with Gasteiger partial charge in [-0.1, -0.05) is 56.0 Å². The van der Waals surface area contributed by atoms with Gasteiger partial charge in [-0.2, -0.15) is 4.39 Å². The Balaban J connectivity index is 1.55. The third-order valence-electron chi connectivity index (χ3n) is 5.25. The minimum absolute atomic E-state index is 0.0812. The number of hydrogen-bond acceptors (Lipinski definition) is 3. The molecule has 0 radical (unpaired) electrons. The van der Waals surface area contributed by atoms with Gasteiger partial charge in [0.2, 0.25) is 5.82 Å². The fourth-order valence-corrected chi connectivity index (χ4v) is 3.53. The van der Waals surface area contributed by atoms with Crippen LogP contribution in [0, 0.1) is 23.4 Å². The molecule has 4 rings (SSSR count). The molecule has 0 atom stereocenters. The molecular formula is C26H23F3O3. The molecule has 3 aromatic carbocycles. The van der Waals surface area contributed by atoms with Gasteiger partial charge in [-0.3, -0.25) is 0 Å². The zero-order valence-corrected chi connectivity index (χ0v) is 17.6. The molecule has 3 aromatic rings. The Kier molecular flexibility index (Phi) is 6.63. The first-order valence-corrected chi connectivity index (χ1v) is 10.3. The van der Waals surface area contributed by atoms with Crippen LogP contribution in [-0.2, 0) is 9.47 Å². The third kappa shape index (κ3) is 4.56. The largest absolute Gasteiger partial charge is 0.486 e. The zero-order chi connectivity index (χ0) is 22.7. The van der Waals surface area contributed by atoms with E-state index in [-0.39, 0.29) is 23.8 Å². The maximum Gasteiger partial charge on any atom is 0.201 e. The predicted octanol–water partition coefficient (Wildman–Crippen LogP) is 6.68. The summed E-state index contributed by atoms with van der Waals surface area (Å²) in [5, 5.41) is 0.